The number of hydrogen-bond donors (Lipinski definition) is 1. The molecular formula is C20H23N3O3S. The van der Waals surface area contributed by atoms with Gasteiger partial charge < -0.3 is 29.3 Å². The number of rotatable bonds is 3. The van der Waals surface area contributed by atoms with Crippen molar-refractivity contribution in [3.8, 4) is 17.2 Å². The Morgan fingerprint density at radius 2 is 1.74 bits per heavy atom. The van der Waals surface area contributed by atoms with Gasteiger partial charge in [0.25, 0.3) is 0 Å². The van der Waals surface area contributed by atoms with Gasteiger partial charge in [-0.05, 0) is 36.5 Å². The normalized spacial score (nSPS) is 16.0. The molecule has 2 aromatic carbocycles. The van der Waals surface area contributed by atoms with E-state index in [9.17, 15) is 0 Å². The number of nitrogens with one attached hydrogen (secondary N) is 1. The van der Waals surface area contributed by atoms with Crippen LogP contribution in [0.2, 0.25) is 0 Å². The molecule has 27 heavy (non-hydrogen) atoms. The highest BCUT2D eigenvalue weighted by molar-refractivity contribution is 7.80. The van der Waals surface area contributed by atoms with Crippen LogP contribution in [0.15, 0.2) is 42.5 Å². The van der Waals surface area contributed by atoms with Crippen LogP contribution in [-0.2, 0) is 0 Å². The summed E-state index contributed by atoms with van der Waals surface area (Å²) in [7, 11) is 1.71. The number of thiocarbonyl (C=S) groups is 1. The number of ether oxygens (including phenoxy) is 3. The number of nitrogens with zero attached hydrogens (tertiary/aromatic N) is 2. The van der Waals surface area contributed by atoms with Gasteiger partial charge >= 0.3 is 0 Å². The molecule has 7 heteroatoms. The Balaban J connectivity index is 1.36. The fourth-order valence-electron chi connectivity index (χ4n) is 3.37. The summed E-state index contributed by atoms with van der Waals surface area (Å²) >= 11 is 5.61. The van der Waals surface area contributed by atoms with Gasteiger partial charge in [-0.3, -0.25) is 0 Å². The van der Waals surface area contributed by atoms with Gasteiger partial charge in [0.15, 0.2) is 16.6 Å². The summed E-state index contributed by atoms with van der Waals surface area (Å²) in [4.78, 5) is 4.53. The number of hydrogen-bond acceptors (Lipinski definition) is 5. The van der Waals surface area contributed by atoms with E-state index in [0.29, 0.717) is 13.2 Å². The fraction of sp³-hybridized carbons (Fsp3) is 0.350. The lowest BCUT2D eigenvalue weighted by molar-refractivity contribution is 0.171. The van der Waals surface area contributed by atoms with Crippen LogP contribution in [0.25, 0.3) is 0 Å². The highest BCUT2D eigenvalue weighted by atomic mass is 32.1. The third kappa shape index (κ3) is 3.88. The largest absolute Gasteiger partial charge is 0.495 e. The second-order valence-electron chi connectivity index (χ2n) is 6.43. The van der Waals surface area contributed by atoms with E-state index in [0.717, 1.165) is 59.9 Å². The maximum Gasteiger partial charge on any atom is 0.173 e. The molecule has 4 rings (SSSR count). The van der Waals surface area contributed by atoms with E-state index < -0.39 is 0 Å². The first-order valence-corrected chi connectivity index (χ1v) is 9.49. The molecule has 2 heterocycles. The van der Waals surface area contributed by atoms with E-state index in [1.54, 1.807) is 7.11 Å². The Hall–Kier alpha value is -2.67. The van der Waals surface area contributed by atoms with E-state index >= 15 is 0 Å². The number of para-hydroxylation sites is 2. The fourth-order valence-corrected chi connectivity index (χ4v) is 3.67. The summed E-state index contributed by atoms with van der Waals surface area (Å²) in [6.45, 7) is 4.66. The van der Waals surface area contributed by atoms with Crippen molar-refractivity contribution in [3.63, 3.8) is 0 Å². The molecule has 6 nitrogen and oxygen atoms in total. The molecule has 0 atom stereocenters. The predicted octanol–water partition coefficient (Wildman–Crippen LogP) is 2.99. The highest BCUT2D eigenvalue weighted by Gasteiger charge is 2.21. The van der Waals surface area contributed by atoms with Gasteiger partial charge in [0.1, 0.15) is 19.0 Å². The molecule has 2 aliphatic heterocycles. The van der Waals surface area contributed by atoms with Crippen LogP contribution in [0.3, 0.4) is 0 Å². The molecule has 0 aromatic heterocycles. The zero-order valence-electron chi connectivity index (χ0n) is 15.3. The van der Waals surface area contributed by atoms with E-state index in [4.69, 9.17) is 26.4 Å². The van der Waals surface area contributed by atoms with Crippen molar-refractivity contribution in [1.29, 1.82) is 0 Å². The first-order valence-electron chi connectivity index (χ1n) is 9.08. The van der Waals surface area contributed by atoms with E-state index in [-0.39, 0.29) is 0 Å². The molecule has 1 fully saturated rings. The molecule has 0 aliphatic carbocycles. The monoisotopic (exact) mass is 385 g/mol. The molecule has 1 N–H and O–H groups in total. The lowest BCUT2D eigenvalue weighted by Gasteiger charge is -2.37. The quantitative estimate of drug-likeness (QED) is 0.815. The summed E-state index contributed by atoms with van der Waals surface area (Å²) in [6, 6.07) is 13.9. The molecule has 2 aliphatic rings. The Morgan fingerprint density at radius 1 is 1.00 bits per heavy atom. The minimum Gasteiger partial charge on any atom is -0.495 e. The van der Waals surface area contributed by atoms with Gasteiger partial charge in [-0.15, -0.1) is 0 Å². The molecule has 142 valence electrons. The second-order valence-corrected chi connectivity index (χ2v) is 6.82. The first kappa shape index (κ1) is 17.7. The Morgan fingerprint density at radius 3 is 2.52 bits per heavy atom. The maximum atomic E-state index is 5.64. The van der Waals surface area contributed by atoms with Gasteiger partial charge in [-0.1, -0.05) is 12.1 Å². The SMILES string of the molecule is COc1ccccc1N1CCN(C(=S)Nc2ccc3c(c2)OCCO3)CC1. The van der Waals surface area contributed by atoms with Gasteiger partial charge in [-0.2, -0.15) is 0 Å². The Kier molecular flexibility index (Phi) is 5.20. The molecule has 0 unspecified atom stereocenters. The molecule has 0 bridgehead atoms. The van der Waals surface area contributed by atoms with Gasteiger partial charge in [-0.25, -0.2) is 0 Å². The smallest absolute Gasteiger partial charge is 0.173 e. The van der Waals surface area contributed by atoms with Crippen LogP contribution in [0, 0.1) is 0 Å². The van der Waals surface area contributed by atoms with Crippen molar-refractivity contribution in [2.75, 3.05) is 56.7 Å². The first-order chi connectivity index (χ1) is 13.2. The number of piperazine rings is 1. The molecule has 0 spiro atoms. The average molecular weight is 385 g/mol. The minimum absolute atomic E-state index is 0.575. The summed E-state index contributed by atoms with van der Waals surface area (Å²) in [6.07, 6.45) is 0. The number of fused-ring (bicyclic) bond motifs is 1. The lowest BCUT2D eigenvalue weighted by atomic mass is 10.2. The second kappa shape index (κ2) is 7.92. The molecule has 0 amide bonds. The third-order valence-corrected chi connectivity index (χ3v) is 5.15. The van der Waals surface area contributed by atoms with Gasteiger partial charge in [0.05, 0.1) is 12.8 Å². The molecule has 0 saturated carbocycles. The van der Waals surface area contributed by atoms with Crippen molar-refractivity contribution in [3.05, 3.63) is 42.5 Å². The molecular weight excluding hydrogens is 362 g/mol. The topological polar surface area (TPSA) is 46.2 Å². The van der Waals surface area contributed by atoms with E-state index in [2.05, 4.69) is 21.2 Å². The van der Waals surface area contributed by atoms with Crippen molar-refractivity contribution in [2.45, 2.75) is 0 Å². The highest BCUT2D eigenvalue weighted by Crippen LogP contribution is 2.33. The molecule has 1 saturated heterocycles. The molecule has 0 radical (unpaired) electrons. The van der Waals surface area contributed by atoms with Crippen LogP contribution in [0.4, 0.5) is 11.4 Å². The van der Waals surface area contributed by atoms with E-state index in [1.807, 2.05) is 36.4 Å². The van der Waals surface area contributed by atoms with Crippen LogP contribution < -0.4 is 24.4 Å². The summed E-state index contributed by atoms with van der Waals surface area (Å²) in [5.74, 6) is 2.45. The van der Waals surface area contributed by atoms with Crippen molar-refractivity contribution >= 4 is 28.7 Å². The number of anilines is 2. The van der Waals surface area contributed by atoms with Crippen molar-refractivity contribution in [1.82, 2.24) is 4.90 Å². The van der Waals surface area contributed by atoms with E-state index in [1.165, 1.54) is 0 Å². The van der Waals surface area contributed by atoms with Crippen molar-refractivity contribution < 1.29 is 14.2 Å². The summed E-state index contributed by atoms with van der Waals surface area (Å²) in [5.41, 5.74) is 2.04. The van der Waals surface area contributed by atoms with Crippen LogP contribution in [-0.4, -0.2) is 56.5 Å². The van der Waals surface area contributed by atoms with Gasteiger partial charge in [0.2, 0.25) is 0 Å². The third-order valence-electron chi connectivity index (χ3n) is 4.79. The zero-order chi connectivity index (χ0) is 18.6. The van der Waals surface area contributed by atoms with Crippen LogP contribution in [0.5, 0.6) is 17.2 Å². The maximum absolute atomic E-state index is 5.64. The van der Waals surface area contributed by atoms with Crippen LogP contribution >= 0.6 is 12.2 Å². The summed E-state index contributed by atoms with van der Waals surface area (Å²) in [5, 5.41) is 4.05. The Labute approximate surface area is 164 Å². The number of methoxy groups -OCH3 is 1. The molecule has 2 aromatic rings. The minimum atomic E-state index is 0.575. The predicted molar refractivity (Wildman–Crippen MR) is 110 cm³/mol. The summed E-state index contributed by atoms with van der Waals surface area (Å²) < 4.78 is 16.7. The van der Waals surface area contributed by atoms with Gasteiger partial charge in [0, 0.05) is 37.9 Å². The Bertz CT molecular complexity index is 822. The van der Waals surface area contributed by atoms with Crippen LogP contribution in [0.1, 0.15) is 0 Å². The van der Waals surface area contributed by atoms with Crippen molar-refractivity contribution in [2.24, 2.45) is 0 Å². The lowest BCUT2D eigenvalue weighted by Crippen LogP contribution is -2.50. The number of benzene rings is 2. The standard InChI is InChI=1S/C20H23N3O3S/c1-24-17-5-3-2-4-16(17)22-8-10-23(11-9-22)20(27)21-15-6-7-18-19(14-15)26-13-12-25-18/h2-7,14H,8-13H2,1H3,(H,21,27). The zero-order valence-corrected chi connectivity index (χ0v) is 16.1. The average Bonchev–Trinajstić information content (AvgIpc) is 2.73.